The summed E-state index contributed by atoms with van der Waals surface area (Å²) in [5.74, 6) is -0.367. The van der Waals surface area contributed by atoms with E-state index in [9.17, 15) is 9.59 Å². The highest BCUT2D eigenvalue weighted by molar-refractivity contribution is 6.30. The number of rotatable bonds is 4. The highest BCUT2D eigenvalue weighted by Gasteiger charge is 2.21. The van der Waals surface area contributed by atoms with Crippen molar-refractivity contribution in [2.75, 3.05) is 17.2 Å². The number of amides is 2. The van der Waals surface area contributed by atoms with Gasteiger partial charge in [0.25, 0.3) is 0 Å². The third-order valence-electron chi connectivity index (χ3n) is 3.33. The van der Waals surface area contributed by atoms with Gasteiger partial charge < -0.3 is 10.1 Å². The zero-order chi connectivity index (χ0) is 17.8. The van der Waals surface area contributed by atoms with E-state index < -0.39 is 12.0 Å². The van der Waals surface area contributed by atoms with Crippen molar-refractivity contribution in [2.24, 2.45) is 0 Å². The summed E-state index contributed by atoms with van der Waals surface area (Å²) in [6.45, 7) is 1.91. The van der Waals surface area contributed by atoms with Gasteiger partial charge in [0.15, 0.2) is 11.5 Å². The molecule has 3 aromatic rings. The van der Waals surface area contributed by atoms with Crippen LogP contribution in [0.5, 0.6) is 0 Å². The van der Waals surface area contributed by atoms with Crippen LogP contribution in [0, 0.1) is 0 Å². The molecule has 0 saturated carbocycles. The van der Waals surface area contributed by atoms with E-state index in [-0.39, 0.29) is 18.1 Å². The molecule has 2 aromatic heterocycles. The van der Waals surface area contributed by atoms with Crippen molar-refractivity contribution >= 4 is 40.8 Å². The Labute approximate surface area is 148 Å². The van der Waals surface area contributed by atoms with Crippen molar-refractivity contribution in [3.8, 4) is 0 Å². The van der Waals surface area contributed by atoms with Crippen LogP contribution in [0.3, 0.4) is 0 Å². The standard InChI is InChI=1S/C17H15ClN4O3/c1-2-25-16(23)14-15(22-10-4-3-5-13(22)20-14)21-17(24)19-12-8-6-11(18)7-9-12/h3-10H,2H2,1H3,(H2,19,21,24). The fourth-order valence-corrected chi connectivity index (χ4v) is 2.39. The summed E-state index contributed by atoms with van der Waals surface area (Å²) in [5.41, 5.74) is 1.13. The SMILES string of the molecule is CCOC(=O)c1nc2ccccn2c1NC(=O)Nc1ccc(Cl)cc1. The van der Waals surface area contributed by atoms with Crippen molar-refractivity contribution in [2.45, 2.75) is 6.92 Å². The van der Waals surface area contributed by atoms with Crippen molar-refractivity contribution in [3.63, 3.8) is 0 Å². The highest BCUT2D eigenvalue weighted by atomic mass is 35.5. The molecule has 0 fully saturated rings. The first kappa shape index (κ1) is 16.8. The molecule has 2 heterocycles. The maximum atomic E-state index is 12.3. The van der Waals surface area contributed by atoms with E-state index in [4.69, 9.17) is 16.3 Å². The summed E-state index contributed by atoms with van der Waals surface area (Å²) in [4.78, 5) is 28.7. The lowest BCUT2D eigenvalue weighted by atomic mass is 10.3. The molecule has 0 bridgehead atoms. The lowest BCUT2D eigenvalue weighted by Gasteiger charge is -2.09. The summed E-state index contributed by atoms with van der Waals surface area (Å²) in [5, 5.41) is 5.89. The third-order valence-corrected chi connectivity index (χ3v) is 3.58. The molecular weight excluding hydrogens is 344 g/mol. The fraction of sp³-hybridized carbons (Fsp3) is 0.118. The topological polar surface area (TPSA) is 84.7 Å². The third kappa shape index (κ3) is 3.72. The van der Waals surface area contributed by atoms with Gasteiger partial charge in [-0.05, 0) is 43.3 Å². The van der Waals surface area contributed by atoms with Gasteiger partial charge in [0, 0.05) is 16.9 Å². The van der Waals surface area contributed by atoms with E-state index in [1.54, 1.807) is 60.0 Å². The molecule has 0 aliphatic carbocycles. The second kappa shape index (κ2) is 7.23. The van der Waals surface area contributed by atoms with Crippen molar-refractivity contribution in [1.29, 1.82) is 0 Å². The molecule has 2 N–H and O–H groups in total. The molecule has 0 aliphatic heterocycles. The Morgan fingerprint density at radius 2 is 1.92 bits per heavy atom. The van der Waals surface area contributed by atoms with Crippen LogP contribution in [0.25, 0.3) is 5.65 Å². The van der Waals surface area contributed by atoms with E-state index in [1.807, 2.05) is 0 Å². The maximum Gasteiger partial charge on any atom is 0.360 e. The van der Waals surface area contributed by atoms with Gasteiger partial charge in [-0.25, -0.2) is 14.6 Å². The minimum atomic E-state index is -0.604. The number of nitrogens with zero attached hydrogens (tertiary/aromatic N) is 2. The number of imidazole rings is 1. The fourth-order valence-electron chi connectivity index (χ4n) is 2.26. The molecule has 0 radical (unpaired) electrons. The van der Waals surface area contributed by atoms with Crippen LogP contribution in [-0.4, -0.2) is 28.0 Å². The number of anilines is 2. The van der Waals surface area contributed by atoms with Gasteiger partial charge in [0.05, 0.1) is 6.61 Å². The lowest BCUT2D eigenvalue weighted by molar-refractivity contribution is 0.0521. The number of fused-ring (bicyclic) bond motifs is 1. The quantitative estimate of drug-likeness (QED) is 0.694. The van der Waals surface area contributed by atoms with Crippen LogP contribution in [0.4, 0.5) is 16.3 Å². The number of carbonyl (C=O) groups excluding carboxylic acids is 2. The molecular formula is C17H15ClN4O3. The molecule has 0 atom stereocenters. The van der Waals surface area contributed by atoms with Gasteiger partial charge in [-0.15, -0.1) is 0 Å². The number of halogens is 1. The average molecular weight is 359 g/mol. The molecule has 8 heteroatoms. The average Bonchev–Trinajstić information content (AvgIpc) is 2.96. The summed E-state index contributed by atoms with van der Waals surface area (Å²) in [6, 6.07) is 11.4. The van der Waals surface area contributed by atoms with Gasteiger partial charge in [-0.3, -0.25) is 9.72 Å². The zero-order valence-electron chi connectivity index (χ0n) is 13.3. The number of pyridine rings is 1. The van der Waals surface area contributed by atoms with Gasteiger partial charge >= 0.3 is 12.0 Å². The van der Waals surface area contributed by atoms with Crippen molar-refractivity contribution < 1.29 is 14.3 Å². The van der Waals surface area contributed by atoms with E-state index in [0.717, 1.165) is 0 Å². The van der Waals surface area contributed by atoms with Gasteiger partial charge in [0.2, 0.25) is 0 Å². The number of hydrogen-bond donors (Lipinski definition) is 2. The Hall–Kier alpha value is -3.06. The van der Waals surface area contributed by atoms with Crippen molar-refractivity contribution in [1.82, 2.24) is 9.38 Å². The Morgan fingerprint density at radius 1 is 1.16 bits per heavy atom. The van der Waals surface area contributed by atoms with Gasteiger partial charge in [0.1, 0.15) is 5.65 Å². The minimum Gasteiger partial charge on any atom is -0.461 e. The monoisotopic (exact) mass is 358 g/mol. The first-order chi connectivity index (χ1) is 12.1. The predicted octanol–water partition coefficient (Wildman–Crippen LogP) is 3.81. The first-order valence-electron chi connectivity index (χ1n) is 7.56. The van der Waals surface area contributed by atoms with E-state index in [1.165, 1.54) is 0 Å². The number of benzene rings is 1. The lowest BCUT2D eigenvalue weighted by Crippen LogP contribution is -2.22. The number of urea groups is 1. The van der Waals surface area contributed by atoms with Crippen LogP contribution < -0.4 is 10.6 Å². The van der Waals surface area contributed by atoms with Crippen LogP contribution in [0.1, 0.15) is 17.4 Å². The van der Waals surface area contributed by atoms with Crippen LogP contribution in [0.2, 0.25) is 5.02 Å². The smallest absolute Gasteiger partial charge is 0.360 e. The molecule has 128 valence electrons. The second-order valence-electron chi connectivity index (χ2n) is 5.04. The van der Waals surface area contributed by atoms with Crippen LogP contribution in [-0.2, 0) is 4.74 Å². The van der Waals surface area contributed by atoms with Gasteiger partial charge in [-0.2, -0.15) is 0 Å². The Balaban J connectivity index is 1.88. The van der Waals surface area contributed by atoms with E-state index >= 15 is 0 Å². The molecule has 0 aliphatic rings. The largest absolute Gasteiger partial charge is 0.461 e. The van der Waals surface area contributed by atoms with Gasteiger partial charge in [-0.1, -0.05) is 17.7 Å². The zero-order valence-corrected chi connectivity index (χ0v) is 14.1. The van der Waals surface area contributed by atoms with E-state index in [0.29, 0.717) is 16.4 Å². The first-order valence-corrected chi connectivity index (χ1v) is 7.94. The Kier molecular flexibility index (Phi) is 4.85. The number of carbonyl (C=O) groups is 2. The number of hydrogen-bond acceptors (Lipinski definition) is 4. The maximum absolute atomic E-state index is 12.3. The molecule has 0 spiro atoms. The molecule has 1 aromatic carbocycles. The Morgan fingerprint density at radius 3 is 2.64 bits per heavy atom. The number of nitrogens with one attached hydrogen (secondary N) is 2. The van der Waals surface area contributed by atoms with E-state index in [2.05, 4.69) is 15.6 Å². The molecule has 2 amide bonds. The highest BCUT2D eigenvalue weighted by Crippen LogP contribution is 2.20. The number of ether oxygens (including phenoxy) is 1. The summed E-state index contributed by atoms with van der Waals surface area (Å²) in [6.07, 6.45) is 1.70. The summed E-state index contributed by atoms with van der Waals surface area (Å²) >= 11 is 5.82. The molecule has 0 unspecified atom stereocenters. The van der Waals surface area contributed by atoms with Crippen LogP contribution >= 0.6 is 11.6 Å². The summed E-state index contributed by atoms with van der Waals surface area (Å²) < 4.78 is 6.61. The molecule has 3 rings (SSSR count). The van der Waals surface area contributed by atoms with Crippen molar-refractivity contribution in [3.05, 3.63) is 59.4 Å². The minimum absolute atomic E-state index is 0.0410. The summed E-state index contributed by atoms with van der Waals surface area (Å²) in [7, 11) is 0. The Bertz CT molecular complexity index is 921. The molecule has 0 saturated heterocycles. The predicted molar refractivity (Wildman–Crippen MR) is 95.2 cm³/mol. The molecule has 25 heavy (non-hydrogen) atoms. The number of esters is 1. The molecule has 7 nitrogen and oxygen atoms in total. The van der Waals surface area contributed by atoms with Crippen LogP contribution in [0.15, 0.2) is 48.7 Å². The normalized spacial score (nSPS) is 10.5. The second-order valence-corrected chi connectivity index (χ2v) is 5.48. The number of aromatic nitrogens is 2.